The average Bonchev–Trinajstić information content (AvgIpc) is 2.89. The Morgan fingerprint density at radius 1 is 1.57 bits per heavy atom. The van der Waals surface area contributed by atoms with Gasteiger partial charge in [-0.2, -0.15) is 5.10 Å². The second-order valence-electron chi connectivity index (χ2n) is 3.86. The van der Waals surface area contributed by atoms with Gasteiger partial charge < -0.3 is 15.6 Å². The van der Waals surface area contributed by atoms with Crippen LogP contribution < -0.4 is 15.9 Å². The second-order valence-corrected chi connectivity index (χ2v) is 3.86. The first kappa shape index (κ1) is 14.3. The van der Waals surface area contributed by atoms with E-state index in [1.807, 2.05) is 0 Å². The van der Waals surface area contributed by atoms with E-state index < -0.39 is 5.91 Å². The second kappa shape index (κ2) is 6.37. The number of anilines is 1. The van der Waals surface area contributed by atoms with Crippen LogP contribution in [0.4, 0.5) is 5.82 Å². The van der Waals surface area contributed by atoms with Gasteiger partial charge in [-0.25, -0.2) is 10.1 Å². The Morgan fingerprint density at radius 3 is 3.05 bits per heavy atom. The standard InChI is InChI=1S/C12H13N5O4/c1-2-20-9-5-7(3-4-8(9)18)6-14-15-12(19)10-11(13)17-21-16-10/h3-6,18H,2H2,1H3,(H2,13,17)(H,15,19). The molecule has 0 bridgehead atoms. The molecular weight excluding hydrogens is 278 g/mol. The lowest BCUT2D eigenvalue weighted by atomic mass is 10.2. The van der Waals surface area contributed by atoms with Gasteiger partial charge in [0.15, 0.2) is 11.5 Å². The molecule has 21 heavy (non-hydrogen) atoms. The minimum absolute atomic E-state index is 0.0273. The molecule has 9 nitrogen and oxygen atoms in total. The van der Waals surface area contributed by atoms with Crippen molar-refractivity contribution in [1.29, 1.82) is 0 Å². The Kier molecular flexibility index (Phi) is 4.34. The fourth-order valence-electron chi connectivity index (χ4n) is 1.45. The van der Waals surface area contributed by atoms with E-state index in [9.17, 15) is 9.90 Å². The molecule has 2 aromatic rings. The first-order chi connectivity index (χ1) is 10.1. The predicted octanol–water partition coefficient (Wildman–Crippen LogP) is 0.520. The van der Waals surface area contributed by atoms with Crippen LogP contribution in [0.25, 0.3) is 0 Å². The number of phenols is 1. The van der Waals surface area contributed by atoms with Gasteiger partial charge in [0.05, 0.1) is 12.8 Å². The van der Waals surface area contributed by atoms with Gasteiger partial charge in [-0.05, 0) is 41.0 Å². The highest BCUT2D eigenvalue weighted by atomic mass is 16.6. The number of amides is 1. The van der Waals surface area contributed by atoms with Crippen molar-refractivity contribution in [2.45, 2.75) is 6.92 Å². The first-order valence-corrected chi connectivity index (χ1v) is 5.99. The van der Waals surface area contributed by atoms with E-state index in [1.165, 1.54) is 12.3 Å². The van der Waals surface area contributed by atoms with Gasteiger partial charge in [0, 0.05) is 0 Å². The number of carbonyl (C=O) groups excluding carboxylic acids is 1. The maximum atomic E-state index is 11.6. The number of nitrogen functional groups attached to an aromatic ring is 1. The van der Waals surface area contributed by atoms with Crippen molar-refractivity contribution in [3.05, 3.63) is 29.5 Å². The van der Waals surface area contributed by atoms with Crippen LogP contribution in [0.2, 0.25) is 0 Å². The topological polar surface area (TPSA) is 136 Å². The van der Waals surface area contributed by atoms with Crippen LogP contribution in [0.1, 0.15) is 23.0 Å². The van der Waals surface area contributed by atoms with E-state index >= 15 is 0 Å². The fourth-order valence-corrected chi connectivity index (χ4v) is 1.45. The number of hydrogen-bond acceptors (Lipinski definition) is 8. The van der Waals surface area contributed by atoms with E-state index in [4.69, 9.17) is 10.5 Å². The number of rotatable bonds is 5. The molecule has 0 aliphatic rings. The third kappa shape index (κ3) is 3.47. The molecule has 110 valence electrons. The van der Waals surface area contributed by atoms with Crippen LogP contribution in [-0.2, 0) is 0 Å². The van der Waals surface area contributed by atoms with Gasteiger partial charge in [-0.15, -0.1) is 0 Å². The Balaban J connectivity index is 2.03. The van der Waals surface area contributed by atoms with E-state index in [2.05, 4.69) is 25.5 Å². The number of hydrogen-bond donors (Lipinski definition) is 3. The number of phenolic OH excluding ortho intramolecular Hbond substituents is 1. The minimum Gasteiger partial charge on any atom is -0.504 e. The van der Waals surface area contributed by atoms with Crippen LogP contribution in [-0.4, -0.2) is 34.1 Å². The molecule has 4 N–H and O–H groups in total. The monoisotopic (exact) mass is 291 g/mol. The molecule has 0 radical (unpaired) electrons. The third-order valence-electron chi connectivity index (χ3n) is 2.39. The number of hydrazone groups is 1. The number of benzene rings is 1. The van der Waals surface area contributed by atoms with Gasteiger partial charge in [-0.3, -0.25) is 4.79 Å². The maximum Gasteiger partial charge on any atom is 0.297 e. The Labute approximate surface area is 119 Å². The molecule has 0 saturated heterocycles. The largest absolute Gasteiger partial charge is 0.504 e. The van der Waals surface area contributed by atoms with Crippen LogP contribution in [0.15, 0.2) is 27.9 Å². The summed E-state index contributed by atoms with van der Waals surface area (Å²) in [5.41, 5.74) is 8.08. The summed E-state index contributed by atoms with van der Waals surface area (Å²) in [5.74, 6) is -0.406. The molecule has 2 rings (SSSR count). The van der Waals surface area contributed by atoms with Crippen LogP contribution in [0, 0.1) is 0 Å². The molecule has 9 heteroatoms. The summed E-state index contributed by atoms with van der Waals surface area (Å²) < 4.78 is 9.54. The molecule has 1 aromatic carbocycles. The molecule has 0 atom stereocenters. The van der Waals surface area contributed by atoms with Crippen molar-refractivity contribution in [3.63, 3.8) is 0 Å². The lowest BCUT2D eigenvalue weighted by Crippen LogP contribution is -2.19. The van der Waals surface area contributed by atoms with Crippen molar-refractivity contribution in [2.24, 2.45) is 5.10 Å². The average molecular weight is 291 g/mol. The quantitative estimate of drug-likeness (QED) is 0.539. The zero-order valence-electron chi connectivity index (χ0n) is 11.1. The third-order valence-corrected chi connectivity index (χ3v) is 2.39. The zero-order chi connectivity index (χ0) is 15.2. The lowest BCUT2D eigenvalue weighted by Gasteiger charge is -2.05. The summed E-state index contributed by atoms with van der Waals surface area (Å²) in [6, 6.07) is 4.66. The smallest absolute Gasteiger partial charge is 0.297 e. The molecular formula is C12H13N5O4. The number of carbonyl (C=O) groups is 1. The van der Waals surface area contributed by atoms with E-state index in [1.54, 1.807) is 19.1 Å². The highest BCUT2D eigenvalue weighted by molar-refractivity contribution is 5.96. The molecule has 0 saturated carbocycles. The number of nitrogens with zero attached hydrogens (tertiary/aromatic N) is 3. The Hall–Kier alpha value is -3.10. The molecule has 0 aliphatic heterocycles. The minimum atomic E-state index is -0.645. The summed E-state index contributed by atoms with van der Waals surface area (Å²) in [4.78, 5) is 11.6. The van der Waals surface area contributed by atoms with Gasteiger partial charge in [0.2, 0.25) is 11.5 Å². The summed E-state index contributed by atoms with van der Waals surface area (Å²) in [7, 11) is 0. The van der Waals surface area contributed by atoms with Crippen molar-refractivity contribution in [3.8, 4) is 11.5 Å². The number of nitrogens with two attached hydrogens (primary N) is 1. The van der Waals surface area contributed by atoms with Crippen molar-refractivity contribution >= 4 is 17.9 Å². The first-order valence-electron chi connectivity index (χ1n) is 5.99. The summed E-state index contributed by atoms with van der Waals surface area (Å²) in [5, 5.41) is 19.9. The molecule has 0 aliphatic carbocycles. The number of ether oxygens (including phenoxy) is 1. The van der Waals surface area contributed by atoms with E-state index in [-0.39, 0.29) is 17.3 Å². The van der Waals surface area contributed by atoms with Crippen molar-refractivity contribution in [2.75, 3.05) is 12.3 Å². The van der Waals surface area contributed by atoms with Crippen LogP contribution in [0.3, 0.4) is 0 Å². The Morgan fingerprint density at radius 2 is 2.38 bits per heavy atom. The molecule has 1 amide bonds. The molecule has 0 spiro atoms. The molecule has 1 heterocycles. The van der Waals surface area contributed by atoms with Crippen LogP contribution >= 0.6 is 0 Å². The zero-order valence-corrected chi connectivity index (χ0v) is 11.1. The normalized spacial score (nSPS) is 10.7. The van der Waals surface area contributed by atoms with Gasteiger partial charge in [0.1, 0.15) is 0 Å². The summed E-state index contributed by atoms with van der Waals surface area (Å²) in [6.45, 7) is 2.22. The molecule has 1 aromatic heterocycles. The van der Waals surface area contributed by atoms with Gasteiger partial charge >= 0.3 is 0 Å². The maximum absolute atomic E-state index is 11.6. The predicted molar refractivity (Wildman–Crippen MR) is 73.0 cm³/mol. The number of aromatic nitrogens is 2. The van der Waals surface area contributed by atoms with Crippen molar-refractivity contribution in [1.82, 2.24) is 15.7 Å². The lowest BCUT2D eigenvalue weighted by molar-refractivity contribution is 0.0946. The fraction of sp³-hybridized carbons (Fsp3) is 0.167. The molecule has 0 fully saturated rings. The summed E-state index contributed by atoms with van der Waals surface area (Å²) >= 11 is 0. The van der Waals surface area contributed by atoms with E-state index in [0.717, 1.165) is 0 Å². The SMILES string of the molecule is CCOc1cc(C=NNC(=O)c2nonc2N)ccc1O. The van der Waals surface area contributed by atoms with Gasteiger partial charge in [0.25, 0.3) is 5.91 Å². The van der Waals surface area contributed by atoms with E-state index in [0.29, 0.717) is 17.9 Å². The number of aromatic hydroxyl groups is 1. The highest BCUT2D eigenvalue weighted by Crippen LogP contribution is 2.26. The molecule has 0 unspecified atom stereocenters. The Bertz CT molecular complexity index is 667. The highest BCUT2D eigenvalue weighted by Gasteiger charge is 2.14. The summed E-state index contributed by atoms with van der Waals surface area (Å²) in [6.07, 6.45) is 1.38. The number of nitrogens with one attached hydrogen (secondary N) is 1. The van der Waals surface area contributed by atoms with Crippen molar-refractivity contribution < 1.29 is 19.3 Å². The van der Waals surface area contributed by atoms with Gasteiger partial charge in [-0.1, -0.05) is 0 Å². The van der Waals surface area contributed by atoms with Crippen LogP contribution in [0.5, 0.6) is 11.5 Å².